The average molecular weight is 804 g/mol. The molecule has 63 heavy (non-hydrogen) atoms. The smallest absolute Gasteiger partial charge is 0.143 e. The van der Waals surface area contributed by atoms with Crippen molar-refractivity contribution in [3.05, 3.63) is 271 Å². The lowest BCUT2D eigenvalue weighted by Gasteiger charge is -2.35. The summed E-state index contributed by atoms with van der Waals surface area (Å²) in [6.07, 6.45) is 0. The quantitative estimate of drug-likeness (QED) is 0.152. The lowest BCUT2D eigenvalue weighted by atomic mass is 9.67. The Bertz CT molecular complexity index is 3390. The topological polar surface area (TPSA) is 16.4 Å². The van der Waals surface area contributed by atoms with Crippen molar-refractivity contribution in [2.45, 2.75) is 5.41 Å². The Kier molecular flexibility index (Phi) is 8.76. The van der Waals surface area contributed by atoms with Gasteiger partial charge in [-0.2, -0.15) is 0 Å². The molecule has 0 saturated heterocycles. The molecule has 12 rings (SSSR count). The number of para-hydroxylation sites is 3. The zero-order valence-corrected chi connectivity index (χ0v) is 34.5. The van der Waals surface area contributed by atoms with Gasteiger partial charge in [0.15, 0.2) is 0 Å². The molecule has 1 heterocycles. The van der Waals surface area contributed by atoms with Crippen LogP contribution in [0.25, 0.3) is 66.4 Å². The molecule has 1 aliphatic carbocycles. The molecule has 2 nitrogen and oxygen atoms in total. The second kappa shape index (κ2) is 15.1. The highest BCUT2D eigenvalue weighted by molar-refractivity contribution is 6.13. The molecule has 296 valence electrons. The highest BCUT2D eigenvalue weighted by Crippen LogP contribution is 2.57. The number of fused-ring (bicyclic) bond motifs is 6. The third kappa shape index (κ3) is 5.87. The molecule has 0 amide bonds. The van der Waals surface area contributed by atoms with Crippen molar-refractivity contribution >= 4 is 39.0 Å². The van der Waals surface area contributed by atoms with Crippen LogP contribution in [0.2, 0.25) is 0 Å². The van der Waals surface area contributed by atoms with Crippen LogP contribution in [0.5, 0.6) is 0 Å². The summed E-state index contributed by atoms with van der Waals surface area (Å²) in [5.74, 6) is 0. The summed E-state index contributed by atoms with van der Waals surface area (Å²) in [6.45, 7) is 0. The van der Waals surface area contributed by atoms with E-state index in [1.54, 1.807) is 0 Å². The molecule has 0 spiro atoms. The van der Waals surface area contributed by atoms with Crippen LogP contribution in [0, 0.1) is 0 Å². The fourth-order valence-corrected chi connectivity index (χ4v) is 10.2. The monoisotopic (exact) mass is 803 g/mol. The van der Waals surface area contributed by atoms with Crippen LogP contribution in [0.4, 0.5) is 17.1 Å². The second-order valence-electron chi connectivity index (χ2n) is 16.4. The molecule has 0 aliphatic heterocycles. The molecule has 2 heteroatoms. The Morgan fingerprint density at radius 3 is 1.35 bits per heavy atom. The number of hydrogen-bond acceptors (Lipinski definition) is 2. The van der Waals surface area contributed by atoms with Crippen molar-refractivity contribution in [1.82, 2.24) is 0 Å². The Balaban J connectivity index is 1.05. The van der Waals surface area contributed by atoms with Gasteiger partial charge in [0, 0.05) is 38.8 Å². The summed E-state index contributed by atoms with van der Waals surface area (Å²) in [4.78, 5) is 2.43. The van der Waals surface area contributed by atoms with Gasteiger partial charge in [0.1, 0.15) is 11.2 Å². The minimum atomic E-state index is -0.523. The first-order valence-corrected chi connectivity index (χ1v) is 21.7. The Morgan fingerprint density at radius 2 is 0.746 bits per heavy atom. The largest absolute Gasteiger partial charge is 0.455 e. The first-order chi connectivity index (χ1) is 31.3. The first-order valence-electron chi connectivity index (χ1n) is 21.7. The molecular weight excluding hydrogens is 763 g/mol. The summed E-state index contributed by atoms with van der Waals surface area (Å²) in [7, 11) is 0. The third-order valence-corrected chi connectivity index (χ3v) is 13.0. The molecular formula is C61H41NO. The van der Waals surface area contributed by atoms with E-state index < -0.39 is 5.41 Å². The Labute approximate surface area is 367 Å². The summed E-state index contributed by atoms with van der Waals surface area (Å²) in [6, 6.07) is 90.1. The maximum Gasteiger partial charge on any atom is 0.143 e. The summed E-state index contributed by atoms with van der Waals surface area (Å²) >= 11 is 0. The van der Waals surface area contributed by atoms with E-state index in [1.807, 2.05) is 0 Å². The van der Waals surface area contributed by atoms with E-state index in [4.69, 9.17) is 4.42 Å². The van der Waals surface area contributed by atoms with Gasteiger partial charge in [-0.3, -0.25) is 0 Å². The van der Waals surface area contributed by atoms with Crippen molar-refractivity contribution in [3.8, 4) is 44.5 Å². The van der Waals surface area contributed by atoms with Crippen molar-refractivity contribution in [2.75, 3.05) is 4.90 Å². The van der Waals surface area contributed by atoms with Crippen molar-refractivity contribution in [1.29, 1.82) is 0 Å². The van der Waals surface area contributed by atoms with Crippen LogP contribution < -0.4 is 4.90 Å². The maximum absolute atomic E-state index is 6.86. The van der Waals surface area contributed by atoms with E-state index in [9.17, 15) is 0 Å². The average Bonchev–Trinajstić information content (AvgIpc) is 3.90. The molecule has 0 bridgehead atoms. The van der Waals surface area contributed by atoms with Gasteiger partial charge in [0.05, 0.1) is 11.1 Å². The molecule has 0 saturated carbocycles. The molecule has 0 unspecified atom stereocenters. The van der Waals surface area contributed by atoms with Crippen LogP contribution in [0.1, 0.15) is 22.3 Å². The lowest BCUT2D eigenvalue weighted by molar-refractivity contribution is 0.671. The third-order valence-electron chi connectivity index (χ3n) is 13.0. The van der Waals surface area contributed by atoms with E-state index in [2.05, 4.69) is 254 Å². The van der Waals surface area contributed by atoms with Crippen molar-refractivity contribution in [3.63, 3.8) is 0 Å². The number of furan rings is 1. The molecule has 0 N–H and O–H groups in total. The minimum Gasteiger partial charge on any atom is -0.455 e. The summed E-state index contributed by atoms with van der Waals surface area (Å²) < 4.78 is 6.86. The number of hydrogen-bond donors (Lipinski definition) is 0. The minimum absolute atomic E-state index is 0.523. The maximum atomic E-state index is 6.86. The van der Waals surface area contributed by atoms with Crippen molar-refractivity contribution < 1.29 is 4.42 Å². The van der Waals surface area contributed by atoms with Gasteiger partial charge in [-0.1, -0.05) is 218 Å². The van der Waals surface area contributed by atoms with E-state index >= 15 is 0 Å². The predicted molar refractivity (Wildman–Crippen MR) is 262 cm³/mol. The highest BCUT2D eigenvalue weighted by Gasteiger charge is 2.46. The van der Waals surface area contributed by atoms with Crippen LogP contribution in [0.15, 0.2) is 253 Å². The van der Waals surface area contributed by atoms with E-state index in [0.717, 1.165) is 72.4 Å². The fraction of sp³-hybridized carbons (Fsp3) is 0.0164. The van der Waals surface area contributed by atoms with Crippen LogP contribution in [-0.2, 0) is 5.41 Å². The molecule has 0 atom stereocenters. The molecule has 1 aliphatic rings. The second-order valence-corrected chi connectivity index (χ2v) is 16.4. The normalized spacial score (nSPS) is 12.6. The van der Waals surface area contributed by atoms with Gasteiger partial charge in [-0.15, -0.1) is 0 Å². The molecule has 0 radical (unpaired) electrons. The Morgan fingerprint density at radius 1 is 0.302 bits per heavy atom. The predicted octanol–water partition coefficient (Wildman–Crippen LogP) is 16.4. The fourth-order valence-electron chi connectivity index (χ4n) is 10.2. The summed E-state index contributed by atoms with van der Waals surface area (Å²) in [5.41, 5.74) is 18.8. The van der Waals surface area contributed by atoms with Gasteiger partial charge in [-0.25, -0.2) is 0 Å². The van der Waals surface area contributed by atoms with Gasteiger partial charge in [0.2, 0.25) is 0 Å². The molecule has 0 fully saturated rings. The van der Waals surface area contributed by atoms with Gasteiger partial charge in [-0.05, 0) is 80.4 Å². The van der Waals surface area contributed by atoms with Crippen LogP contribution >= 0.6 is 0 Å². The number of benzene rings is 10. The van der Waals surface area contributed by atoms with Crippen LogP contribution in [0.3, 0.4) is 0 Å². The summed E-state index contributed by atoms with van der Waals surface area (Å²) in [5, 5.41) is 2.23. The molecule has 11 aromatic rings. The SMILES string of the molecule is c1ccc(-c2ccccc2N(c2ccc(-c3cccc4c3oc3c(-c5ccccc5)cccc34)cc2)c2ccc3c(c2)C(c2ccccc2)(c2ccccc2)c2ccccc2-3)cc1. The zero-order valence-electron chi connectivity index (χ0n) is 34.5. The highest BCUT2D eigenvalue weighted by atomic mass is 16.3. The van der Waals surface area contributed by atoms with E-state index in [1.165, 1.54) is 33.4 Å². The first kappa shape index (κ1) is 36.6. The number of nitrogens with zero attached hydrogens (tertiary/aromatic N) is 1. The molecule has 1 aromatic heterocycles. The zero-order chi connectivity index (χ0) is 41.7. The van der Waals surface area contributed by atoms with Gasteiger partial charge in [0.25, 0.3) is 0 Å². The van der Waals surface area contributed by atoms with Crippen molar-refractivity contribution in [2.24, 2.45) is 0 Å². The number of rotatable bonds is 8. The van der Waals surface area contributed by atoms with Gasteiger partial charge < -0.3 is 9.32 Å². The lowest BCUT2D eigenvalue weighted by Crippen LogP contribution is -2.28. The van der Waals surface area contributed by atoms with Crippen LogP contribution in [-0.4, -0.2) is 0 Å². The number of anilines is 3. The standard InChI is InChI=1S/C61H41NO/c1-5-19-42(20-6-1)49-27-14-16-34-58(49)62(47-37-35-44(36-38-47)51-30-18-32-55-54-31-17-29-50(59(54)63-60(51)55)43-21-7-2-8-22-43)48-39-40-53-52-28-13-15-33-56(52)61(57(53)41-48,45-23-9-3-10-24-45)46-25-11-4-12-26-46/h1-41H. The van der Waals surface area contributed by atoms with Gasteiger partial charge >= 0.3 is 0 Å². The van der Waals surface area contributed by atoms with E-state index in [-0.39, 0.29) is 0 Å². The van der Waals surface area contributed by atoms with E-state index in [0.29, 0.717) is 0 Å². The Hall–Kier alpha value is -8.20. The molecule has 10 aromatic carbocycles.